The predicted molar refractivity (Wildman–Crippen MR) is 48.9 cm³/mol. The van der Waals surface area contributed by atoms with Gasteiger partial charge in [-0.25, -0.2) is 0 Å². The first-order valence-electron chi connectivity index (χ1n) is 4.49. The van der Waals surface area contributed by atoms with E-state index in [-0.39, 0.29) is 0 Å². The zero-order valence-corrected chi connectivity index (χ0v) is 7.82. The van der Waals surface area contributed by atoms with Crippen LogP contribution in [0.4, 0.5) is 0 Å². The van der Waals surface area contributed by atoms with Crippen LogP contribution in [-0.2, 0) is 0 Å². The van der Waals surface area contributed by atoms with Crippen molar-refractivity contribution in [3.63, 3.8) is 0 Å². The molecule has 0 aromatic heterocycles. The highest BCUT2D eigenvalue weighted by atomic mass is 15.7. The Bertz CT molecular complexity index is 201. The normalized spacial score (nSPS) is 26.8. The van der Waals surface area contributed by atoms with Crippen LogP contribution < -0.4 is 0 Å². The minimum Gasteiger partial charge on any atom is -0.303 e. The van der Waals surface area contributed by atoms with E-state index in [0.717, 1.165) is 32.8 Å². The van der Waals surface area contributed by atoms with Gasteiger partial charge in [0.2, 0.25) is 0 Å². The van der Waals surface area contributed by atoms with Gasteiger partial charge in [-0.05, 0) is 14.0 Å². The maximum Gasteiger partial charge on any atom is 0.112 e. The quantitative estimate of drug-likeness (QED) is 0.502. The second-order valence-electron chi connectivity index (χ2n) is 3.50. The van der Waals surface area contributed by atoms with Crippen LogP contribution in [0.25, 0.3) is 0 Å². The number of hydrogen-bond donors (Lipinski definition) is 0. The van der Waals surface area contributed by atoms with Gasteiger partial charge >= 0.3 is 0 Å². The summed E-state index contributed by atoms with van der Waals surface area (Å²) in [6.45, 7) is 7.44. The lowest BCUT2D eigenvalue weighted by atomic mass is 10.5. The molecular weight excluding hydrogens is 152 g/mol. The molecule has 0 saturated carbocycles. The Labute approximate surface area is 73.4 Å². The predicted octanol–water partition coefficient (Wildman–Crippen LogP) is -0.160. The van der Waals surface area contributed by atoms with Crippen molar-refractivity contribution >= 4 is 5.84 Å². The molecular formula is C8H16N4. The number of aliphatic imine (C=N–C) groups is 1. The third-order valence-corrected chi connectivity index (χ3v) is 2.61. The zero-order valence-electron chi connectivity index (χ0n) is 7.82. The highest BCUT2D eigenvalue weighted by Crippen LogP contribution is 2.10. The van der Waals surface area contributed by atoms with E-state index in [4.69, 9.17) is 0 Å². The molecule has 0 atom stereocenters. The van der Waals surface area contributed by atoms with Gasteiger partial charge in [-0.3, -0.25) is 10.0 Å². The molecule has 0 aromatic carbocycles. The van der Waals surface area contributed by atoms with Gasteiger partial charge in [0.05, 0.1) is 0 Å². The summed E-state index contributed by atoms with van der Waals surface area (Å²) in [6.07, 6.45) is 0. The fourth-order valence-corrected chi connectivity index (χ4v) is 1.70. The number of hydrazine groups is 1. The smallest absolute Gasteiger partial charge is 0.112 e. The van der Waals surface area contributed by atoms with Gasteiger partial charge in [0.1, 0.15) is 12.5 Å². The molecule has 4 heteroatoms. The standard InChI is InChI=1S/C8H16N4/c1-8-9-7-11-5-3-10(2)4-6-12(8)11/h3-7H2,1-2H3. The molecule has 0 spiro atoms. The Balaban J connectivity index is 2.04. The SMILES string of the molecule is CC1=NCN2CCN(C)CCN12. The van der Waals surface area contributed by atoms with Gasteiger partial charge in [-0.15, -0.1) is 0 Å². The van der Waals surface area contributed by atoms with E-state index in [2.05, 4.69) is 33.9 Å². The molecule has 0 radical (unpaired) electrons. The molecule has 4 nitrogen and oxygen atoms in total. The number of nitrogens with zero attached hydrogens (tertiary/aromatic N) is 4. The second kappa shape index (κ2) is 3.03. The number of hydrogen-bond acceptors (Lipinski definition) is 4. The second-order valence-corrected chi connectivity index (χ2v) is 3.50. The lowest BCUT2D eigenvalue weighted by molar-refractivity contribution is 0.0864. The fourth-order valence-electron chi connectivity index (χ4n) is 1.70. The summed E-state index contributed by atoms with van der Waals surface area (Å²) < 4.78 is 0. The van der Waals surface area contributed by atoms with Crippen LogP contribution in [0.15, 0.2) is 4.99 Å². The van der Waals surface area contributed by atoms with E-state index < -0.39 is 0 Å². The van der Waals surface area contributed by atoms with Gasteiger partial charge < -0.3 is 4.90 Å². The van der Waals surface area contributed by atoms with Gasteiger partial charge in [-0.2, -0.15) is 5.01 Å². The molecule has 1 saturated heterocycles. The fraction of sp³-hybridized carbons (Fsp3) is 0.875. The Hall–Kier alpha value is -0.610. The largest absolute Gasteiger partial charge is 0.303 e. The van der Waals surface area contributed by atoms with Crippen LogP contribution in [0, 0.1) is 0 Å². The minimum absolute atomic E-state index is 0.861. The Kier molecular flexibility index (Phi) is 2.02. The molecule has 0 bridgehead atoms. The van der Waals surface area contributed by atoms with Crippen molar-refractivity contribution in [2.75, 3.05) is 39.9 Å². The monoisotopic (exact) mass is 168 g/mol. The number of rotatable bonds is 0. The maximum absolute atomic E-state index is 4.40. The summed E-state index contributed by atoms with van der Waals surface area (Å²) in [5, 5.41) is 4.61. The van der Waals surface area contributed by atoms with E-state index in [9.17, 15) is 0 Å². The van der Waals surface area contributed by atoms with Gasteiger partial charge in [0.15, 0.2) is 0 Å². The summed E-state index contributed by atoms with van der Waals surface area (Å²) in [7, 11) is 2.18. The number of fused-ring (bicyclic) bond motifs is 1. The first-order chi connectivity index (χ1) is 5.77. The van der Waals surface area contributed by atoms with Crippen LogP contribution in [0.5, 0.6) is 0 Å². The zero-order chi connectivity index (χ0) is 8.55. The van der Waals surface area contributed by atoms with Crippen molar-refractivity contribution in [3.8, 4) is 0 Å². The lowest BCUT2D eigenvalue weighted by Gasteiger charge is -2.26. The van der Waals surface area contributed by atoms with Crippen LogP contribution >= 0.6 is 0 Å². The van der Waals surface area contributed by atoms with E-state index in [1.807, 2.05) is 0 Å². The highest BCUT2D eigenvalue weighted by Gasteiger charge is 2.24. The van der Waals surface area contributed by atoms with E-state index in [0.29, 0.717) is 0 Å². The summed E-state index contributed by atoms with van der Waals surface area (Å²) in [5.74, 6) is 1.17. The molecule has 0 amide bonds. The molecule has 2 aliphatic rings. The van der Waals surface area contributed by atoms with Gasteiger partial charge in [-0.1, -0.05) is 0 Å². The van der Waals surface area contributed by atoms with Crippen LogP contribution in [0.3, 0.4) is 0 Å². The molecule has 0 N–H and O–H groups in total. The Morgan fingerprint density at radius 1 is 1.17 bits per heavy atom. The maximum atomic E-state index is 4.40. The summed E-state index contributed by atoms with van der Waals surface area (Å²) in [4.78, 5) is 6.76. The lowest BCUT2D eigenvalue weighted by Crippen LogP contribution is -2.41. The van der Waals surface area contributed by atoms with Crippen molar-refractivity contribution < 1.29 is 0 Å². The molecule has 68 valence electrons. The van der Waals surface area contributed by atoms with E-state index in [1.54, 1.807) is 0 Å². The summed E-state index contributed by atoms with van der Waals surface area (Å²) in [5.41, 5.74) is 0. The molecule has 1 fully saturated rings. The first-order valence-corrected chi connectivity index (χ1v) is 4.49. The van der Waals surface area contributed by atoms with Gasteiger partial charge in [0.25, 0.3) is 0 Å². The number of amidine groups is 1. The van der Waals surface area contributed by atoms with Crippen molar-refractivity contribution in [3.05, 3.63) is 0 Å². The first kappa shape index (κ1) is 8.01. The van der Waals surface area contributed by atoms with E-state index >= 15 is 0 Å². The molecule has 12 heavy (non-hydrogen) atoms. The third kappa shape index (κ3) is 1.32. The summed E-state index contributed by atoms with van der Waals surface area (Å²) >= 11 is 0. The number of likely N-dealkylation sites (N-methyl/N-ethyl adjacent to an activating group) is 1. The molecule has 2 aliphatic heterocycles. The van der Waals surface area contributed by atoms with Crippen LogP contribution in [0.2, 0.25) is 0 Å². The molecule has 0 aliphatic carbocycles. The Morgan fingerprint density at radius 2 is 1.92 bits per heavy atom. The third-order valence-electron chi connectivity index (χ3n) is 2.61. The molecule has 0 aromatic rings. The topological polar surface area (TPSA) is 22.1 Å². The van der Waals surface area contributed by atoms with Crippen molar-refractivity contribution in [1.82, 2.24) is 14.9 Å². The van der Waals surface area contributed by atoms with Crippen LogP contribution in [0.1, 0.15) is 6.92 Å². The van der Waals surface area contributed by atoms with Gasteiger partial charge in [0, 0.05) is 26.2 Å². The molecule has 0 unspecified atom stereocenters. The summed E-state index contributed by atoms with van der Waals surface area (Å²) in [6, 6.07) is 0. The van der Waals surface area contributed by atoms with Crippen molar-refractivity contribution in [1.29, 1.82) is 0 Å². The van der Waals surface area contributed by atoms with Crippen molar-refractivity contribution in [2.45, 2.75) is 6.92 Å². The molecule has 2 heterocycles. The minimum atomic E-state index is 0.861. The Morgan fingerprint density at radius 3 is 2.75 bits per heavy atom. The molecule has 2 rings (SSSR count). The van der Waals surface area contributed by atoms with Crippen molar-refractivity contribution in [2.24, 2.45) is 4.99 Å². The van der Waals surface area contributed by atoms with E-state index in [1.165, 1.54) is 5.84 Å². The highest BCUT2D eigenvalue weighted by molar-refractivity contribution is 5.80. The van der Waals surface area contributed by atoms with Crippen LogP contribution in [-0.4, -0.2) is 60.6 Å². The average molecular weight is 168 g/mol. The average Bonchev–Trinajstić information content (AvgIpc) is 2.28.